The summed E-state index contributed by atoms with van der Waals surface area (Å²) in [6.07, 6.45) is 1.78. The van der Waals surface area contributed by atoms with E-state index in [1.165, 1.54) is 7.11 Å². The van der Waals surface area contributed by atoms with Crippen LogP contribution in [0.3, 0.4) is 0 Å². The van der Waals surface area contributed by atoms with Gasteiger partial charge in [-0.25, -0.2) is 4.39 Å². The second kappa shape index (κ2) is 4.96. The van der Waals surface area contributed by atoms with E-state index in [9.17, 15) is 4.39 Å². The van der Waals surface area contributed by atoms with Crippen molar-refractivity contribution in [3.05, 3.63) is 29.1 Å². The van der Waals surface area contributed by atoms with E-state index in [-0.39, 0.29) is 5.82 Å². The van der Waals surface area contributed by atoms with Crippen molar-refractivity contribution >= 4 is 0 Å². The Morgan fingerprint density at radius 1 is 1.43 bits per heavy atom. The molecule has 0 unspecified atom stereocenters. The summed E-state index contributed by atoms with van der Waals surface area (Å²) in [4.78, 5) is 0. The van der Waals surface area contributed by atoms with E-state index in [0.717, 1.165) is 18.4 Å². The topological polar surface area (TPSA) is 35.2 Å². The molecule has 1 aromatic rings. The standard InChI is InChI=1S/C11H16FNO/c1-8-6-9(4-3-5-13)7-10(14-2)11(8)12/h6-7H,3-5,13H2,1-2H3. The Kier molecular flexibility index (Phi) is 3.89. The monoisotopic (exact) mass is 197 g/mol. The summed E-state index contributed by atoms with van der Waals surface area (Å²) in [5.41, 5.74) is 7.11. The molecule has 2 nitrogen and oxygen atoms in total. The molecule has 0 aromatic heterocycles. The number of hydrogen-bond donors (Lipinski definition) is 1. The molecule has 0 saturated heterocycles. The van der Waals surface area contributed by atoms with Gasteiger partial charge in [-0.2, -0.15) is 0 Å². The Labute approximate surface area is 83.9 Å². The van der Waals surface area contributed by atoms with Crippen LogP contribution in [0.1, 0.15) is 17.5 Å². The van der Waals surface area contributed by atoms with Crippen molar-refractivity contribution < 1.29 is 9.13 Å². The summed E-state index contributed by atoms with van der Waals surface area (Å²) >= 11 is 0. The van der Waals surface area contributed by atoms with Gasteiger partial charge in [-0.05, 0) is 43.5 Å². The van der Waals surface area contributed by atoms with Crippen molar-refractivity contribution in [1.82, 2.24) is 0 Å². The summed E-state index contributed by atoms with van der Waals surface area (Å²) in [6, 6.07) is 3.57. The van der Waals surface area contributed by atoms with Crippen molar-refractivity contribution in [3.8, 4) is 5.75 Å². The number of benzene rings is 1. The van der Waals surface area contributed by atoms with Gasteiger partial charge in [0.2, 0.25) is 0 Å². The number of methoxy groups -OCH3 is 1. The molecule has 0 atom stereocenters. The molecule has 0 saturated carbocycles. The molecule has 14 heavy (non-hydrogen) atoms. The van der Waals surface area contributed by atoms with Gasteiger partial charge in [0, 0.05) is 0 Å². The number of ether oxygens (including phenoxy) is 1. The molecule has 0 aliphatic heterocycles. The molecule has 1 rings (SSSR count). The molecule has 2 N–H and O–H groups in total. The quantitative estimate of drug-likeness (QED) is 0.801. The van der Waals surface area contributed by atoms with E-state index in [4.69, 9.17) is 10.5 Å². The molecule has 1 aromatic carbocycles. The first kappa shape index (κ1) is 11.0. The summed E-state index contributed by atoms with van der Waals surface area (Å²) in [7, 11) is 1.48. The lowest BCUT2D eigenvalue weighted by molar-refractivity contribution is 0.384. The maximum atomic E-state index is 13.4. The molecular weight excluding hydrogens is 181 g/mol. The van der Waals surface area contributed by atoms with Gasteiger partial charge in [0.1, 0.15) is 0 Å². The summed E-state index contributed by atoms with van der Waals surface area (Å²) in [5.74, 6) is 0.0426. The van der Waals surface area contributed by atoms with Crippen LogP contribution in [0.25, 0.3) is 0 Å². The SMILES string of the molecule is COc1cc(CCCN)cc(C)c1F. The average molecular weight is 197 g/mol. The lowest BCUT2D eigenvalue weighted by Crippen LogP contribution is -2.01. The maximum absolute atomic E-state index is 13.4. The second-order valence-electron chi connectivity index (χ2n) is 3.32. The molecular formula is C11H16FNO. The predicted octanol–water partition coefficient (Wildman–Crippen LogP) is 2.03. The van der Waals surface area contributed by atoms with E-state index in [0.29, 0.717) is 17.9 Å². The fourth-order valence-corrected chi connectivity index (χ4v) is 1.41. The lowest BCUT2D eigenvalue weighted by Gasteiger charge is -2.08. The van der Waals surface area contributed by atoms with E-state index < -0.39 is 0 Å². The average Bonchev–Trinajstić information content (AvgIpc) is 2.19. The lowest BCUT2D eigenvalue weighted by atomic mass is 10.1. The second-order valence-corrected chi connectivity index (χ2v) is 3.32. The van der Waals surface area contributed by atoms with Crippen molar-refractivity contribution in [2.75, 3.05) is 13.7 Å². The number of aryl methyl sites for hydroxylation is 2. The third kappa shape index (κ3) is 2.45. The number of rotatable bonds is 4. The molecule has 0 heterocycles. The molecule has 0 radical (unpaired) electrons. The number of nitrogens with two attached hydrogens (primary N) is 1. The molecule has 3 heteroatoms. The summed E-state index contributed by atoms with van der Waals surface area (Å²) < 4.78 is 18.3. The highest BCUT2D eigenvalue weighted by molar-refractivity contribution is 5.35. The summed E-state index contributed by atoms with van der Waals surface area (Å²) in [6.45, 7) is 2.39. The van der Waals surface area contributed by atoms with Gasteiger partial charge in [-0.3, -0.25) is 0 Å². The van der Waals surface area contributed by atoms with Gasteiger partial charge in [0.15, 0.2) is 11.6 Å². The van der Waals surface area contributed by atoms with Crippen molar-refractivity contribution in [2.45, 2.75) is 19.8 Å². The zero-order chi connectivity index (χ0) is 10.6. The third-order valence-corrected chi connectivity index (χ3v) is 2.17. The minimum absolute atomic E-state index is 0.274. The first-order valence-electron chi connectivity index (χ1n) is 4.72. The summed E-state index contributed by atoms with van der Waals surface area (Å²) in [5, 5.41) is 0. The molecule has 0 fully saturated rings. The fourth-order valence-electron chi connectivity index (χ4n) is 1.41. The highest BCUT2D eigenvalue weighted by Crippen LogP contribution is 2.22. The van der Waals surface area contributed by atoms with Crippen LogP contribution in [-0.2, 0) is 6.42 Å². The first-order chi connectivity index (χ1) is 6.69. The Morgan fingerprint density at radius 3 is 2.71 bits per heavy atom. The van der Waals surface area contributed by atoms with E-state index >= 15 is 0 Å². The van der Waals surface area contributed by atoms with Crippen LogP contribution in [0.5, 0.6) is 5.75 Å². The first-order valence-corrected chi connectivity index (χ1v) is 4.72. The predicted molar refractivity (Wildman–Crippen MR) is 55.1 cm³/mol. The number of halogens is 1. The highest BCUT2D eigenvalue weighted by Gasteiger charge is 2.07. The minimum Gasteiger partial charge on any atom is -0.494 e. The van der Waals surface area contributed by atoms with Crippen molar-refractivity contribution in [2.24, 2.45) is 5.73 Å². The van der Waals surface area contributed by atoms with Gasteiger partial charge in [-0.15, -0.1) is 0 Å². The maximum Gasteiger partial charge on any atom is 0.167 e. The zero-order valence-electron chi connectivity index (χ0n) is 8.64. The van der Waals surface area contributed by atoms with Crippen LogP contribution in [0.15, 0.2) is 12.1 Å². The molecule has 0 aliphatic rings. The molecule has 0 spiro atoms. The van der Waals surface area contributed by atoms with Crippen LogP contribution in [0.2, 0.25) is 0 Å². The van der Waals surface area contributed by atoms with E-state index in [1.807, 2.05) is 6.07 Å². The number of hydrogen-bond acceptors (Lipinski definition) is 2. The Bertz CT molecular complexity index is 312. The van der Waals surface area contributed by atoms with Gasteiger partial charge < -0.3 is 10.5 Å². The van der Waals surface area contributed by atoms with E-state index in [1.54, 1.807) is 13.0 Å². The highest BCUT2D eigenvalue weighted by atomic mass is 19.1. The normalized spacial score (nSPS) is 10.3. The molecule has 78 valence electrons. The van der Waals surface area contributed by atoms with Crippen LogP contribution in [0, 0.1) is 12.7 Å². The Morgan fingerprint density at radius 2 is 2.14 bits per heavy atom. The van der Waals surface area contributed by atoms with Gasteiger partial charge in [0.05, 0.1) is 7.11 Å². The van der Waals surface area contributed by atoms with Gasteiger partial charge >= 0.3 is 0 Å². The van der Waals surface area contributed by atoms with Crippen molar-refractivity contribution in [3.63, 3.8) is 0 Å². The van der Waals surface area contributed by atoms with Gasteiger partial charge in [-0.1, -0.05) is 6.07 Å². The molecule has 0 bridgehead atoms. The fraction of sp³-hybridized carbons (Fsp3) is 0.455. The van der Waals surface area contributed by atoms with Crippen LogP contribution < -0.4 is 10.5 Å². The molecule has 0 amide bonds. The molecule has 0 aliphatic carbocycles. The van der Waals surface area contributed by atoms with Crippen LogP contribution in [-0.4, -0.2) is 13.7 Å². The van der Waals surface area contributed by atoms with E-state index in [2.05, 4.69) is 0 Å². The minimum atomic E-state index is -0.274. The zero-order valence-corrected chi connectivity index (χ0v) is 8.64. The smallest absolute Gasteiger partial charge is 0.167 e. The third-order valence-electron chi connectivity index (χ3n) is 2.17. The van der Waals surface area contributed by atoms with Gasteiger partial charge in [0.25, 0.3) is 0 Å². The Balaban J connectivity index is 2.91. The largest absolute Gasteiger partial charge is 0.494 e. The Hall–Kier alpha value is -1.09. The van der Waals surface area contributed by atoms with Crippen LogP contribution in [0.4, 0.5) is 4.39 Å². The van der Waals surface area contributed by atoms with Crippen LogP contribution >= 0.6 is 0 Å². The van der Waals surface area contributed by atoms with Crippen molar-refractivity contribution in [1.29, 1.82) is 0 Å².